The summed E-state index contributed by atoms with van der Waals surface area (Å²) >= 11 is 0. The van der Waals surface area contributed by atoms with Crippen molar-refractivity contribution in [1.82, 2.24) is 0 Å². The molecule has 2 aliphatic rings. The summed E-state index contributed by atoms with van der Waals surface area (Å²) < 4.78 is 34.1. The van der Waals surface area contributed by atoms with E-state index in [1.165, 1.54) is 54.6 Å². The molecule has 2 saturated heterocycles. The van der Waals surface area contributed by atoms with Crippen LogP contribution in [0.25, 0.3) is 28.4 Å². The Morgan fingerprint density at radius 1 is 0.741 bits per heavy atom. The minimum absolute atomic E-state index is 0.0176. The summed E-state index contributed by atoms with van der Waals surface area (Å²) in [5, 5.41) is 103. The van der Waals surface area contributed by atoms with Crippen LogP contribution in [0.3, 0.4) is 0 Å². The van der Waals surface area contributed by atoms with Crippen molar-refractivity contribution >= 4 is 23.0 Å². The number of aliphatic hydroxyl groups is 6. The summed E-state index contributed by atoms with van der Waals surface area (Å²) in [6.45, 7) is -1.54. The molecule has 0 unspecified atom stereocenters. The van der Waals surface area contributed by atoms with Crippen molar-refractivity contribution in [3.63, 3.8) is 0 Å². The first-order chi connectivity index (χ1) is 25.7. The lowest BCUT2D eigenvalue weighted by Crippen LogP contribution is -2.65. The molecule has 0 aliphatic carbocycles. The predicted molar refractivity (Wildman–Crippen MR) is 181 cm³/mol. The van der Waals surface area contributed by atoms with E-state index in [1.807, 2.05) is 0 Å². The number of phenols is 4. The van der Waals surface area contributed by atoms with Gasteiger partial charge in [0, 0.05) is 23.8 Å². The van der Waals surface area contributed by atoms with Gasteiger partial charge in [-0.1, -0.05) is 12.1 Å². The molecular formula is C36H36O18. The van der Waals surface area contributed by atoms with E-state index >= 15 is 0 Å². The number of phenolic OH excluding ortho intramolecular Hbond substituents is 4. The molecule has 0 amide bonds. The number of hydrogen-bond donors (Lipinski definition) is 10. The highest BCUT2D eigenvalue weighted by Crippen LogP contribution is 2.38. The van der Waals surface area contributed by atoms with Crippen LogP contribution < -0.4 is 10.2 Å². The number of aliphatic hydroxyl groups excluding tert-OH is 6. The highest BCUT2D eigenvalue weighted by Gasteiger charge is 2.52. The van der Waals surface area contributed by atoms with Crippen LogP contribution in [0.4, 0.5) is 0 Å². The molecule has 4 aromatic rings. The smallest absolute Gasteiger partial charge is 0.330 e. The van der Waals surface area contributed by atoms with E-state index in [-0.39, 0.29) is 28.4 Å². The number of esters is 1. The van der Waals surface area contributed by atoms with Crippen LogP contribution in [0.5, 0.6) is 28.7 Å². The summed E-state index contributed by atoms with van der Waals surface area (Å²) in [4.78, 5) is 26.3. The van der Waals surface area contributed by atoms with Crippen molar-refractivity contribution in [3.05, 3.63) is 82.5 Å². The Bertz CT molecular complexity index is 2030. The number of hydrogen-bond acceptors (Lipinski definition) is 18. The van der Waals surface area contributed by atoms with Gasteiger partial charge in [-0.15, -0.1) is 0 Å². The standard InChI is InChI=1S/C36H36O18/c37-13-22-26(43)30(47)34(54-35-31(48)29(46)27(44)23(52-35)14-49-24(42)10-3-15-1-6-17(38)7-2-15)36(51-22)53-33-28(45)25-20(41)11-19(40)12-21(25)50-32(33)16-4-8-18(39)9-5-16/h1-12,22-23,26-27,29-31,34-41,43-44,46-48H,13-14H2/b10-3+/t22-,23-,26-,27-,29+,30+,31-,34-,35+,36+/m1/s1. The van der Waals surface area contributed by atoms with Gasteiger partial charge in [0.15, 0.2) is 18.2 Å². The lowest BCUT2D eigenvalue weighted by Gasteiger charge is -2.45. The van der Waals surface area contributed by atoms with Crippen LogP contribution in [0, 0.1) is 0 Å². The number of benzene rings is 3. The number of ether oxygens (including phenoxy) is 5. The molecule has 18 heteroatoms. The molecule has 3 heterocycles. The number of fused-ring (bicyclic) bond motifs is 1. The van der Waals surface area contributed by atoms with E-state index in [1.54, 1.807) is 0 Å². The van der Waals surface area contributed by atoms with Crippen LogP contribution >= 0.6 is 0 Å². The molecule has 2 fully saturated rings. The third-order valence-corrected chi connectivity index (χ3v) is 8.76. The molecule has 54 heavy (non-hydrogen) atoms. The first-order valence-electron chi connectivity index (χ1n) is 16.4. The molecule has 2 aliphatic heterocycles. The highest BCUT2D eigenvalue weighted by atomic mass is 16.8. The largest absolute Gasteiger partial charge is 0.508 e. The summed E-state index contributed by atoms with van der Waals surface area (Å²) in [6, 6.07) is 13.0. The van der Waals surface area contributed by atoms with Gasteiger partial charge >= 0.3 is 5.97 Å². The number of carbonyl (C=O) groups is 1. The molecule has 0 spiro atoms. The summed E-state index contributed by atoms with van der Waals surface area (Å²) in [7, 11) is 0. The molecule has 3 aromatic carbocycles. The summed E-state index contributed by atoms with van der Waals surface area (Å²) in [6.07, 6.45) is -16.1. The molecule has 0 bridgehead atoms. The molecule has 10 atom stereocenters. The fourth-order valence-electron chi connectivity index (χ4n) is 5.87. The van der Waals surface area contributed by atoms with Gasteiger partial charge in [0.1, 0.15) is 83.3 Å². The molecule has 0 radical (unpaired) electrons. The Kier molecular flexibility index (Phi) is 11.4. The predicted octanol–water partition coefficient (Wildman–Crippen LogP) is -0.450. The van der Waals surface area contributed by atoms with Gasteiger partial charge in [-0.05, 0) is 48.0 Å². The van der Waals surface area contributed by atoms with Gasteiger partial charge in [-0.25, -0.2) is 4.79 Å². The van der Waals surface area contributed by atoms with Gasteiger partial charge in [-0.3, -0.25) is 4.79 Å². The van der Waals surface area contributed by atoms with Crippen molar-refractivity contribution in [2.45, 2.75) is 61.4 Å². The van der Waals surface area contributed by atoms with Crippen LogP contribution in [-0.2, 0) is 23.7 Å². The Labute approximate surface area is 304 Å². The van der Waals surface area contributed by atoms with Gasteiger partial charge < -0.3 is 79.2 Å². The molecule has 10 N–H and O–H groups in total. The first-order valence-corrected chi connectivity index (χ1v) is 16.4. The Morgan fingerprint density at radius 2 is 1.37 bits per heavy atom. The normalized spacial score (nSPS) is 28.6. The molecule has 1 aromatic heterocycles. The lowest BCUT2D eigenvalue weighted by molar-refractivity contribution is -0.358. The second kappa shape index (κ2) is 16.0. The fraction of sp³-hybridized carbons (Fsp3) is 0.333. The number of carbonyl (C=O) groups excluding carboxylic acids is 1. The Balaban J connectivity index is 1.28. The van der Waals surface area contributed by atoms with E-state index in [4.69, 9.17) is 28.1 Å². The molecule has 18 nitrogen and oxygen atoms in total. The average molecular weight is 757 g/mol. The summed E-state index contributed by atoms with van der Waals surface area (Å²) in [5.41, 5.74) is -0.609. The second-order valence-corrected chi connectivity index (χ2v) is 12.5. The third-order valence-electron chi connectivity index (χ3n) is 8.76. The van der Waals surface area contributed by atoms with Crippen molar-refractivity contribution < 1.29 is 84.0 Å². The van der Waals surface area contributed by atoms with Crippen LogP contribution in [-0.4, -0.2) is 132 Å². The van der Waals surface area contributed by atoms with Gasteiger partial charge in [0.2, 0.25) is 17.5 Å². The van der Waals surface area contributed by atoms with E-state index in [9.17, 15) is 60.7 Å². The Morgan fingerprint density at radius 3 is 2.04 bits per heavy atom. The lowest BCUT2D eigenvalue weighted by atomic mass is 9.97. The molecular weight excluding hydrogens is 720 g/mol. The van der Waals surface area contributed by atoms with Crippen LogP contribution in [0.15, 0.2) is 76.0 Å². The zero-order chi connectivity index (χ0) is 38.8. The first kappa shape index (κ1) is 38.4. The molecule has 288 valence electrons. The molecule has 0 saturated carbocycles. The van der Waals surface area contributed by atoms with Gasteiger partial charge in [-0.2, -0.15) is 0 Å². The maximum absolute atomic E-state index is 13.9. The number of aromatic hydroxyl groups is 4. The number of rotatable bonds is 10. The van der Waals surface area contributed by atoms with Crippen LogP contribution in [0.2, 0.25) is 0 Å². The van der Waals surface area contributed by atoms with E-state index in [0.29, 0.717) is 5.56 Å². The van der Waals surface area contributed by atoms with Crippen molar-refractivity contribution in [2.75, 3.05) is 13.2 Å². The average Bonchev–Trinajstić information content (AvgIpc) is 3.14. The zero-order valence-corrected chi connectivity index (χ0v) is 27.9. The van der Waals surface area contributed by atoms with Gasteiger partial charge in [0.25, 0.3) is 0 Å². The van der Waals surface area contributed by atoms with E-state index in [2.05, 4.69) is 0 Å². The van der Waals surface area contributed by atoms with Crippen molar-refractivity contribution in [3.8, 4) is 40.1 Å². The van der Waals surface area contributed by atoms with Crippen molar-refractivity contribution in [2.24, 2.45) is 0 Å². The fourth-order valence-corrected chi connectivity index (χ4v) is 5.87. The van der Waals surface area contributed by atoms with Crippen LogP contribution in [0.1, 0.15) is 5.56 Å². The van der Waals surface area contributed by atoms with E-state index < -0.39 is 109 Å². The maximum Gasteiger partial charge on any atom is 0.330 e. The Hall–Kier alpha value is -5.28. The zero-order valence-electron chi connectivity index (χ0n) is 27.9. The quantitative estimate of drug-likeness (QED) is 0.0724. The topological polar surface area (TPSA) is 296 Å². The maximum atomic E-state index is 13.9. The van der Waals surface area contributed by atoms with Gasteiger partial charge in [0.05, 0.1) is 6.61 Å². The minimum atomic E-state index is -2.02. The highest BCUT2D eigenvalue weighted by molar-refractivity contribution is 5.88. The van der Waals surface area contributed by atoms with Crippen molar-refractivity contribution in [1.29, 1.82) is 0 Å². The summed E-state index contributed by atoms with van der Waals surface area (Å²) in [5.74, 6) is -3.16. The second-order valence-electron chi connectivity index (χ2n) is 12.5. The van der Waals surface area contributed by atoms with E-state index in [0.717, 1.165) is 18.2 Å². The minimum Gasteiger partial charge on any atom is -0.508 e. The monoisotopic (exact) mass is 756 g/mol. The molecule has 6 rings (SSSR count). The third kappa shape index (κ3) is 7.97. The SMILES string of the molecule is O=C(/C=C/c1ccc(O)cc1)OC[C@H]1O[C@@H](O[C@H]2[C@H](Oc3c(-c4ccc(O)cc4)oc4cc(O)cc(O)c4c3=O)O[C@H](CO)[C@@H](O)[C@@H]2O)[C@H](O)[C@@H](O)[C@@H]1O.